The topological polar surface area (TPSA) is 58.1 Å². The molecule has 0 fully saturated rings. The van der Waals surface area contributed by atoms with Gasteiger partial charge in [-0.1, -0.05) is 37.1 Å². The van der Waals surface area contributed by atoms with E-state index in [1.54, 1.807) is 12.1 Å². The third-order valence-corrected chi connectivity index (χ3v) is 3.35. The zero-order chi connectivity index (χ0) is 13.7. The molecule has 0 unspecified atom stereocenters. The largest absolute Gasteiger partial charge is 0.301 e. The van der Waals surface area contributed by atoms with Crippen LogP contribution in [-0.4, -0.2) is 21.4 Å². The Hall–Kier alpha value is -2.14. The number of thioether (sulfide) groups is 1. The van der Waals surface area contributed by atoms with Gasteiger partial charge in [0.2, 0.25) is 0 Å². The molecule has 96 valence electrons. The number of aliphatic imine (C=N–C) groups is 1. The number of para-hydroxylation sites is 1. The lowest BCUT2D eigenvalue weighted by Gasteiger charge is -2.02. The summed E-state index contributed by atoms with van der Waals surface area (Å²) in [6.07, 6.45) is 3.13. The van der Waals surface area contributed by atoms with Gasteiger partial charge in [0.15, 0.2) is 5.16 Å². The summed E-state index contributed by atoms with van der Waals surface area (Å²) >= 11 is 1.41. The van der Waals surface area contributed by atoms with Crippen LogP contribution in [0.25, 0.3) is 10.9 Å². The first-order valence-electron chi connectivity index (χ1n) is 5.66. The normalized spacial score (nSPS) is 11.5. The Kier molecular flexibility index (Phi) is 4.30. The second kappa shape index (κ2) is 6.15. The molecule has 0 atom stereocenters. The molecule has 5 heteroatoms. The number of aromatic amines is 1. The van der Waals surface area contributed by atoms with Gasteiger partial charge in [0.05, 0.1) is 16.6 Å². The van der Waals surface area contributed by atoms with Crippen molar-refractivity contribution in [1.82, 2.24) is 9.97 Å². The Morgan fingerprint density at radius 3 is 2.95 bits per heavy atom. The number of fused-ring (bicyclic) bond motifs is 1. The molecular formula is C14H13N3OS. The van der Waals surface area contributed by atoms with Crippen LogP contribution >= 0.6 is 11.8 Å². The van der Waals surface area contributed by atoms with E-state index in [2.05, 4.69) is 28.1 Å². The maximum absolute atomic E-state index is 11.9. The zero-order valence-corrected chi connectivity index (χ0v) is 11.1. The molecule has 0 saturated carbocycles. The average Bonchev–Trinajstić information content (AvgIpc) is 2.43. The van der Waals surface area contributed by atoms with Crippen molar-refractivity contribution >= 4 is 28.4 Å². The minimum atomic E-state index is -0.131. The quantitative estimate of drug-likeness (QED) is 0.517. The summed E-state index contributed by atoms with van der Waals surface area (Å²) in [5.74, 6) is 0.580. The number of hydrogen-bond donors (Lipinski definition) is 1. The third kappa shape index (κ3) is 3.20. The van der Waals surface area contributed by atoms with Crippen LogP contribution in [0.15, 0.2) is 64.6 Å². The molecule has 1 aromatic carbocycles. The number of aromatic nitrogens is 2. The first-order valence-corrected chi connectivity index (χ1v) is 6.65. The summed E-state index contributed by atoms with van der Waals surface area (Å²) in [7, 11) is 0. The monoisotopic (exact) mass is 271 g/mol. The van der Waals surface area contributed by atoms with E-state index in [-0.39, 0.29) is 5.56 Å². The number of H-pyrrole nitrogens is 1. The molecule has 0 aliphatic carbocycles. The number of benzene rings is 1. The molecule has 19 heavy (non-hydrogen) atoms. The van der Waals surface area contributed by atoms with Gasteiger partial charge in [-0.05, 0) is 18.2 Å². The van der Waals surface area contributed by atoms with Crippen molar-refractivity contribution < 1.29 is 0 Å². The van der Waals surface area contributed by atoms with Crippen molar-refractivity contribution in [3.05, 3.63) is 60.1 Å². The summed E-state index contributed by atoms with van der Waals surface area (Å²) in [6, 6.07) is 7.25. The van der Waals surface area contributed by atoms with Crippen molar-refractivity contribution in [2.45, 2.75) is 5.16 Å². The molecule has 0 bridgehead atoms. The van der Waals surface area contributed by atoms with Crippen LogP contribution < -0.4 is 5.56 Å². The highest BCUT2D eigenvalue weighted by molar-refractivity contribution is 7.99. The minimum absolute atomic E-state index is 0.131. The molecule has 1 aromatic heterocycles. The smallest absolute Gasteiger partial charge is 0.259 e. The van der Waals surface area contributed by atoms with Crippen LogP contribution in [0.2, 0.25) is 0 Å². The second-order valence-corrected chi connectivity index (χ2v) is 4.65. The van der Waals surface area contributed by atoms with Gasteiger partial charge in [-0.15, -0.1) is 0 Å². The molecule has 0 aliphatic heterocycles. The minimum Gasteiger partial charge on any atom is -0.301 e. The predicted octanol–water partition coefficient (Wildman–Crippen LogP) is 2.79. The van der Waals surface area contributed by atoms with E-state index in [4.69, 9.17) is 0 Å². The maximum atomic E-state index is 11.9. The van der Waals surface area contributed by atoms with E-state index >= 15 is 0 Å². The Morgan fingerprint density at radius 2 is 2.21 bits per heavy atom. The molecule has 0 radical (unpaired) electrons. The van der Waals surface area contributed by atoms with Gasteiger partial charge < -0.3 is 4.98 Å². The molecule has 0 saturated heterocycles. The molecule has 0 spiro atoms. The molecule has 0 amide bonds. The molecule has 2 aromatic rings. The highest BCUT2D eigenvalue weighted by Crippen LogP contribution is 2.15. The highest BCUT2D eigenvalue weighted by atomic mass is 32.2. The van der Waals surface area contributed by atoms with E-state index < -0.39 is 0 Å². The van der Waals surface area contributed by atoms with Crippen LogP contribution in [0.4, 0.5) is 0 Å². The van der Waals surface area contributed by atoms with Crippen molar-refractivity contribution in [3.63, 3.8) is 0 Å². The van der Waals surface area contributed by atoms with Gasteiger partial charge in [0.1, 0.15) is 0 Å². The SMILES string of the molecule is C=CN=C(C=C)CSc1nc2ccccc2c(=O)[nH]1. The van der Waals surface area contributed by atoms with Crippen LogP contribution in [0.1, 0.15) is 0 Å². The molecule has 1 heterocycles. The van der Waals surface area contributed by atoms with E-state index in [0.717, 1.165) is 5.71 Å². The summed E-state index contributed by atoms with van der Waals surface area (Å²) in [4.78, 5) is 23.1. The summed E-state index contributed by atoms with van der Waals surface area (Å²) in [5, 5.41) is 1.16. The van der Waals surface area contributed by atoms with Gasteiger partial charge >= 0.3 is 0 Å². The third-order valence-electron chi connectivity index (χ3n) is 2.44. The van der Waals surface area contributed by atoms with Crippen molar-refractivity contribution in [1.29, 1.82) is 0 Å². The van der Waals surface area contributed by atoms with Gasteiger partial charge in [0.25, 0.3) is 5.56 Å². The van der Waals surface area contributed by atoms with Gasteiger partial charge in [0, 0.05) is 12.0 Å². The summed E-state index contributed by atoms with van der Waals surface area (Å²) in [5.41, 5.74) is 1.35. The summed E-state index contributed by atoms with van der Waals surface area (Å²) < 4.78 is 0. The number of nitrogens with zero attached hydrogens (tertiary/aromatic N) is 2. The Labute approximate surface area is 115 Å². The predicted molar refractivity (Wildman–Crippen MR) is 80.9 cm³/mol. The van der Waals surface area contributed by atoms with Crippen molar-refractivity contribution in [2.24, 2.45) is 4.99 Å². The Bertz CT molecular complexity index is 703. The van der Waals surface area contributed by atoms with E-state index in [0.29, 0.717) is 21.8 Å². The van der Waals surface area contributed by atoms with E-state index in [9.17, 15) is 4.79 Å². The lowest BCUT2D eigenvalue weighted by atomic mass is 10.2. The maximum Gasteiger partial charge on any atom is 0.259 e. The first kappa shape index (κ1) is 13.3. The van der Waals surface area contributed by atoms with Crippen molar-refractivity contribution in [2.75, 3.05) is 5.75 Å². The fourth-order valence-electron chi connectivity index (χ4n) is 1.54. The zero-order valence-electron chi connectivity index (χ0n) is 10.3. The van der Waals surface area contributed by atoms with E-state index in [1.165, 1.54) is 18.0 Å². The molecule has 2 rings (SSSR count). The first-order chi connectivity index (χ1) is 9.24. The number of rotatable bonds is 5. The van der Waals surface area contributed by atoms with Crippen LogP contribution in [0, 0.1) is 0 Å². The van der Waals surface area contributed by atoms with E-state index in [1.807, 2.05) is 18.2 Å². The van der Waals surface area contributed by atoms with Gasteiger partial charge in [-0.25, -0.2) is 4.98 Å². The number of nitrogens with one attached hydrogen (secondary N) is 1. The fraction of sp³-hybridized carbons (Fsp3) is 0.0714. The number of allylic oxidation sites excluding steroid dienone is 1. The Morgan fingerprint density at radius 1 is 1.42 bits per heavy atom. The lowest BCUT2D eigenvalue weighted by Crippen LogP contribution is -2.09. The number of hydrogen-bond acceptors (Lipinski definition) is 4. The van der Waals surface area contributed by atoms with Crippen LogP contribution in [0.3, 0.4) is 0 Å². The van der Waals surface area contributed by atoms with Gasteiger partial charge in [-0.3, -0.25) is 9.79 Å². The highest BCUT2D eigenvalue weighted by Gasteiger charge is 2.04. The molecule has 4 nitrogen and oxygen atoms in total. The van der Waals surface area contributed by atoms with Crippen molar-refractivity contribution in [3.8, 4) is 0 Å². The Balaban J connectivity index is 2.27. The summed E-state index contributed by atoms with van der Waals surface area (Å²) in [6.45, 7) is 7.22. The standard InChI is InChI=1S/C14H13N3OS/c1-3-10(15-4-2)9-19-14-16-12-8-6-5-7-11(12)13(18)17-14/h3-8H,1-2,9H2,(H,16,17,18). The molecule has 0 aliphatic rings. The van der Waals surface area contributed by atoms with Gasteiger partial charge in [-0.2, -0.15) is 0 Å². The molecular weight excluding hydrogens is 258 g/mol. The second-order valence-electron chi connectivity index (χ2n) is 3.68. The lowest BCUT2D eigenvalue weighted by molar-refractivity contribution is 0.977. The van der Waals surface area contributed by atoms with Crippen LogP contribution in [-0.2, 0) is 0 Å². The average molecular weight is 271 g/mol. The fourth-order valence-corrected chi connectivity index (χ4v) is 2.35. The van der Waals surface area contributed by atoms with Crippen LogP contribution in [0.5, 0.6) is 0 Å². The molecule has 1 N–H and O–H groups in total.